The van der Waals surface area contributed by atoms with E-state index in [1.807, 2.05) is 4.90 Å². The van der Waals surface area contributed by atoms with E-state index in [1.54, 1.807) is 36.4 Å². The molecule has 4 rings (SSSR count). The van der Waals surface area contributed by atoms with Crippen LogP contribution in [-0.4, -0.2) is 29.1 Å². The van der Waals surface area contributed by atoms with Gasteiger partial charge < -0.3 is 10.0 Å². The normalized spacial score (nSPS) is 10.6. The fourth-order valence-electron chi connectivity index (χ4n) is 3.13. The van der Waals surface area contributed by atoms with Gasteiger partial charge in [-0.1, -0.05) is 41.4 Å². The Morgan fingerprint density at radius 2 is 1.78 bits per heavy atom. The molecule has 0 aliphatic rings. The van der Waals surface area contributed by atoms with Crippen LogP contribution in [-0.2, 0) is 6.42 Å². The molecule has 3 aromatic carbocycles. The minimum absolute atomic E-state index is 0.202. The highest BCUT2D eigenvalue weighted by Crippen LogP contribution is 2.30. The van der Waals surface area contributed by atoms with E-state index in [-0.39, 0.29) is 17.2 Å². The summed E-state index contributed by atoms with van der Waals surface area (Å²) in [5, 5.41) is 9.66. The lowest BCUT2D eigenvalue weighted by molar-refractivity contribution is 0.0697. The van der Waals surface area contributed by atoms with Gasteiger partial charge in [-0.25, -0.2) is 18.6 Å². The molecule has 0 fully saturated rings. The molecule has 1 N–H and O–H groups in total. The summed E-state index contributed by atoms with van der Waals surface area (Å²) >= 11 is 1.27. The van der Waals surface area contributed by atoms with Crippen molar-refractivity contribution in [3.8, 4) is 11.8 Å². The zero-order valence-electron chi connectivity index (χ0n) is 16.9. The minimum Gasteiger partial charge on any atom is -0.478 e. The summed E-state index contributed by atoms with van der Waals surface area (Å²) < 4.78 is 27.9. The topological polar surface area (TPSA) is 53.4 Å². The fraction of sp³-hybridized carbons (Fsp3) is 0.120. The Balaban J connectivity index is 1.56. The van der Waals surface area contributed by atoms with Gasteiger partial charge in [0, 0.05) is 12.1 Å². The molecule has 4 aromatic rings. The average molecular weight is 448 g/mol. The number of hydrogen-bond acceptors (Lipinski definition) is 4. The highest BCUT2D eigenvalue weighted by molar-refractivity contribution is 7.22. The van der Waals surface area contributed by atoms with Crippen molar-refractivity contribution in [2.24, 2.45) is 0 Å². The molecule has 1 heterocycles. The Labute approximate surface area is 187 Å². The molecule has 0 aliphatic heterocycles. The number of carboxylic acids is 1. The SMILES string of the molecule is O=C(O)c1ccc(C#CCN(CCc2ccc(F)cc2)c2nc3cccc(F)c3s2)cc1. The summed E-state index contributed by atoms with van der Waals surface area (Å²) in [6.45, 7) is 0.920. The van der Waals surface area contributed by atoms with Gasteiger partial charge in [0.2, 0.25) is 0 Å². The van der Waals surface area contributed by atoms with Gasteiger partial charge >= 0.3 is 5.97 Å². The number of halogens is 2. The Hall–Kier alpha value is -3.76. The third-order valence-corrected chi connectivity index (χ3v) is 5.98. The molecule has 1 aromatic heterocycles. The quantitative estimate of drug-likeness (QED) is 0.403. The maximum Gasteiger partial charge on any atom is 0.335 e. The second-order valence-electron chi connectivity index (χ2n) is 7.07. The number of benzene rings is 3. The summed E-state index contributed by atoms with van der Waals surface area (Å²) in [7, 11) is 0. The first-order valence-electron chi connectivity index (χ1n) is 9.86. The van der Waals surface area contributed by atoms with E-state index in [0.29, 0.717) is 40.4 Å². The number of carbonyl (C=O) groups is 1. The molecule has 4 nitrogen and oxygen atoms in total. The summed E-state index contributed by atoms with van der Waals surface area (Å²) in [5.41, 5.74) is 2.46. The van der Waals surface area contributed by atoms with Gasteiger partial charge in [-0.15, -0.1) is 0 Å². The monoisotopic (exact) mass is 448 g/mol. The molecule has 0 unspecified atom stereocenters. The smallest absolute Gasteiger partial charge is 0.335 e. The Bertz CT molecular complexity index is 1310. The van der Waals surface area contributed by atoms with Crippen LogP contribution in [0.25, 0.3) is 10.2 Å². The van der Waals surface area contributed by atoms with Crippen LogP contribution in [0.5, 0.6) is 0 Å². The number of fused-ring (bicyclic) bond motifs is 1. The minimum atomic E-state index is -0.987. The molecule has 0 radical (unpaired) electrons. The van der Waals surface area contributed by atoms with Gasteiger partial charge in [-0.2, -0.15) is 0 Å². The third-order valence-electron chi connectivity index (χ3n) is 4.84. The van der Waals surface area contributed by atoms with Crippen molar-refractivity contribution < 1.29 is 18.7 Å². The Kier molecular flexibility index (Phi) is 6.43. The van der Waals surface area contributed by atoms with Crippen LogP contribution in [0, 0.1) is 23.5 Å². The zero-order valence-corrected chi connectivity index (χ0v) is 17.7. The lowest BCUT2D eigenvalue weighted by Crippen LogP contribution is -2.26. The van der Waals surface area contributed by atoms with Crippen molar-refractivity contribution in [3.05, 3.63) is 95.1 Å². The van der Waals surface area contributed by atoms with Crippen molar-refractivity contribution in [1.82, 2.24) is 4.98 Å². The molecule has 0 aliphatic carbocycles. The van der Waals surface area contributed by atoms with Gasteiger partial charge in [-0.3, -0.25) is 0 Å². The van der Waals surface area contributed by atoms with E-state index < -0.39 is 5.97 Å². The molecular weight excluding hydrogens is 430 g/mol. The first-order chi connectivity index (χ1) is 15.5. The lowest BCUT2D eigenvalue weighted by Gasteiger charge is -2.19. The average Bonchev–Trinajstić information content (AvgIpc) is 3.23. The third kappa shape index (κ3) is 5.10. The number of hydrogen-bond donors (Lipinski definition) is 1. The van der Waals surface area contributed by atoms with Gasteiger partial charge in [-0.05, 0) is 60.5 Å². The fourth-order valence-corrected chi connectivity index (χ4v) is 4.12. The molecular formula is C25H18F2N2O2S. The molecule has 160 valence electrons. The number of aromatic carboxylic acids is 1. The standard InChI is InChI=1S/C25H18F2N2O2S/c26-20-12-8-18(9-13-20)14-16-29(25-28-22-5-1-4-21(27)23(22)32-25)15-2-3-17-6-10-19(11-7-17)24(30)31/h1,4-13H,14-16H2,(H,30,31). The predicted octanol–water partition coefficient (Wildman–Crippen LogP) is 5.37. The molecule has 0 amide bonds. The highest BCUT2D eigenvalue weighted by atomic mass is 32.1. The molecule has 0 spiro atoms. The number of thiazole rings is 1. The number of anilines is 1. The zero-order chi connectivity index (χ0) is 22.5. The number of rotatable bonds is 6. The highest BCUT2D eigenvalue weighted by Gasteiger charge is 2.14. The Morgan fingerprint density at radius 3 is 2.47 bits per heavy atom. The molecule has 7 heteroatoms. The lowest BCUT2D eigenvalue weighted by atomic mass is 10.1. The van der Waals surface area contributed by atoms with Crippen LogP contribution in [0.4, 0.5) is 13.9 Å². The van der Waals surface area contributed by atoms with Crippen molar-refractivity contribution in [1.29, 1.82) is 0 Å². The van der Waals surface area contributed by atoms with Gasteiger partial charge in [0.15, 0.2) is 5.13 Å². The summed E-state index contributed by atoms with van der Waals surface area (Å²) in [5.74, 6) is 4.54. The predicted molar refractivity (Wildman–Crippen MR) is 122 cm³/mol. The van der Waals surface area contributed by atoms with E-state index in [1.165, 1.54) is 41.7 Å². The summed E-state index contributed by atoms with van der Waals surface area (Å²) in [4.78, 5) is 17.5. The maximum atomic E-state index is 14.2. The summed E-state index contributed by atoms with van der Waals surface area (Å²) in [6, 6.07) is 17.5. The van der Waals surface area contributed by atoms with E-state index in [2.05, 4.69) is 16.8 Å². The molecule has 0 saturated heterocycles. The van der Waals surface area contributed by atoms with E-state index in [0.717, 1.165) is 5.56 Å². The van der Waals surface area contributed by atoms with Gasteiger partial charge in [0.1, 0.15) is 11.6 Å². The van der Waals surface area contributed by atoms with Crippen molar-refractivity contribution >= 4 is 32.7 Å². The van der Waals surface area contributed by atoms with Gasteiger partial charge in [0.25, 0.3) is 0 Å². The second-order valence-corrected chi connectivity index (χ2v) is 8.04. The molecule has 0 bridgehead atoms. The van der Waals surface area contributed by atoms with E-state index in [4.69, 9.17) is 5.11 Å². The number of nitrogens with zero attached hydrogens (tertiary/aromatic N) is 2. The van der Waals surface area contributed by atoms with Crippen molar-refractivity contribution in [2.45, 2.75) is 6.42 Å². The van der Waals surface area contributed by atoms with Crippen LogP contribution in [0.3, 0.4) is 0 Å². The number of carboxylic acid groups (broad SMARTS) is 1. The second kappa shape index (κ2) is 9.58. The summed E-state index contributed by atoms with van der Waals surface area (Å²) in [6.07, 6.45) is 0.647. The molecule has 0 saturated carbocycles. The van der Waals surface area contributed by atoms with E-state index in [9.17, 15) is 13.6 Å². The molecule has 0 atom stereocenters. The van der Waals surface area contributed by atoms with Crippen LogP contribution in [0.2, 0.25) is 0 Å². The number of aromatic nitrogens is 1. The first-order valence-corrected chi connectivity index (χ1v) is 10.7. The maximum absolute atomic E-state index is 14.2. The van der Waals surface area contributed by atoms with E-state index >= 15 is 0 Å². The van der Waals surface area contributed by atoms with Crippen LogP contribution < -0.4 is 4.90 Å². The van der Waals surface area contributed by atoms with Crippen molar-refractivity contribution in [2.75, 3.05) is 18.0 Å². The van der Waals surface area contributed by atoms with Crippen LogP contribution in [0.15, 0.2) is 66.7 Å². The first kappa shape index (κ1) is 21.5. The van der Waals surface area contributed by atoms with Gasteiger partial charge in [0.05, 0.1) is 22.3 Å². The molecule has 32 heavy (non-hydrogen) atoms. The van der Waals surface area contributed by atoms with Crippen molar-refractivity contribution in [3.63, 3.8) is 0 Å². The van der Waals surface area contributed by atoms with Crippen LogP contribution >= 0.6 is 11.3 Å². The Morgan fingerprint density at radius 1 is 1.03 bits per heavy atom. The largest absolute Gasteiger partial charge is 0.478 e. The van der Waals surface area contributed by atoms with Crippen LogP contribution in [0.1, 0.15) is 21.5 Å².